The van der Waals surface area contributed by atoms with Crippen LogP contribution in [0.15, 0.2) is 52.0 Å². The number of carbonyl (C=O) groups excluding carboxylic acids is 1. The fourth-order valence-electron chi connectivity index (χ4n) is 3.19. The minimum absolute atomic E-state index is 0.163. The van der Waals surface area contributed by atoms with Gasteiger partial charge >= 0.3 is 0 Å². The lowest BCUT2D eigenvalue weighted by Gasteiger charge is -2.28. The number of likely N-dealkylation sites (N-methyl/N-ethyl adjacent to an activating group) is 1. The maximum Gasteiger partial charge on any atom is 0.289 e. The molecular formula is C19H23NO3S. The predicted octanol–water partition coefficient (Wildman–Crippen LogP) is 3.95. The van der Waals surface area contributed by atoms with Gasteiger partial charge < -0.3 is 14.4 Å². The van der Waals surface area contributed by atoms with E-state index in [0.717, 1.165) is 36.1 Å². The average molecular weight is 345 g/mol. The van der Waals surface area contributed by atoms with Crippen LogP contribution in [0.4, 0.5) is 0 Å². The summed E-state index contributed by atoms with van der Waals surface area (Å²) < 4.78 is 5.45. The number of aliphatic hydroxyl groups is 1. The molecule has 1 heterocycles. The zero-order valence-corrected chi connectivity index (χ0v) is 14.7. The van der Waals surface area contributed by atoms with Crippen molar-refractivity contribution in [1.82, 2.24) is 4.90 Å². The van der Waals surface area contributed by atoms with Crippen LogP contribution in [0, 0.1) is 0 Å². The Morgan fingerprint density at radius 3 is 2.67 bits per heavy atom. The molecule has 24 heavy (non-hydrogen) atoms. The second kappa shape index (κ2) is 7.45. The summed E-state index contributed by atoms with van der Waals surface area (Å²) in [4.78, 5) is 15.4. The van der Waals surface area contributed by atoms with E-state index in [1.807, 2.05) is 36.4 Å². The minimum Gasteiger partial charge on any atom is -0.459 e. The molecule has 128 valence electrons. The Morgan fingerprint density at radius 1 is 1.25 bits per heavy atom. The molecule has 1 saturated carbocycles. The summed E-state index contributed by atoms with van der Waals surface area (Å²) >= 11 is 1.67. The molecule has 0 unspecified atom stereocenters. The number of hydrogen-bond donors (Lipinski definition) is 1. The van der Waals surface area contributed by atoms with E-state index in [2.05, 4.69) is 0 Å². The third-order valence-electron chi connectivity index (χ3n) is 4.49. The molecule has 3 rings (SSSR count). The Balaban J connectivity index is 1.64. The van der Waals surface area contributed by atoms with Gasteiger partial charge in [0.25, 0.3) is 5.91 Å². The molecular weight excluding hydrogens is 322 g/mol. The highest BCUT2D eigenvalue weighted by Gasteiger charge is 2.34. The normalized spacial score (nSPS) is 16.2. The van der Waals surface area contributed by atoms with Crippen molar-refractivity contribution in [3.8, 4) is 0 Å². The average Bonchev–Trinajstić information content (AvgIpc) is 3.22. The van der Waals surface area contributed by atoms with Gasteiger partial charge in [-0.1, -0.05) is 31.0 Å². The summed E-state index contributed by atoms with van der Waals surface area (Å²) in [5, 5.41) is 10.5. The van der Waals surface area contributed by atoms with Crippen molar-refractivity contribution in [3.05, 3.63) is 54.0 Å². The van der Waals surface area contributed by atoms with Crippen molar-refractivity contribution in [2.75, 3.05) is 13.6 Å². The zero-order chi connectivity index (χ0) is 17.0. The van der Waals surface area contributed by atoms with Crippen LogP contribution >= 0.6 is 11.8 Å². The number of nitrogens with zero attached hydrogens (tertiary/aromatic N) is 1. The first kappa shape index (κ1) is 17.1. The Morgan fingerprint density at radius 2 is 1.96 bits per heavy atom. The predicted molar refractivity (Wildman–Crippen MR) is 95.1 cm³/mol. The van der Waals surface area contributed by atoms with Gasteiger partial charge in [0, 0.05) is 29.8 Å². The summed E-state index contributed by atoms with van der Waals surface area (Å²) in [6.45, 7) is 0.359. The van der Waals surface area contributed by atoms with Crippen molar-refractivity contribution in [2.45, 2.75) is 41.9 Å². The van der Waals surface area contributed by atoms with Crippen LogP contribution in [0.25, 0.3) is 0 Å². The van der Waals surface area contributed by atoms with Crippen LogP contribution in [0.1, 0.15) is 41.8 Å². The standard InChI is InChI=1S/C19H23NO3S/c1-20(14-19(22)10-5-6-11-19)18(21)17-15(9-12-23-17)13-24-16-7-3-2-4-8-16/h2-4,7-9,12,22H,5-6,10-11,13-14H2,1H3. The van der Waals surface area contributed by atoms with Gasteiger partial charge in [0.15, 0.2) is 5.76 Å². The Kier molecular flexibility index (Phi) is 5.31. The van der Waals surface area contributed by atoms with Gasteiger partial charge in [-0.3, -0.25) is 4.79 Å². The van der Waals surface area contributed by atoms with Crippen LogP contribution < -0.4 is 0 Å². The number of hydrogen-bond acceptors (Lipinski definition) is 4. The van der Waals surface area contributed by atoms with E-state index < -0.39 is 5.60 Å². The summed E-state index contributed by atoms with van der Waals surface area (Å²) in [7, 11) is 1.73. The topological polar surface area (TPSA) is 53.7 Å². The van der Waals surface area contributed by atoms with E-state index in [9.17, 15) is 9.90 Å². The van der Waals surface area contributed by atoms with Gasteiger partial charge in [-0.05, 0) is 31.0 Å². The largest absolute Gasteiger partial charge is 0.459 e. The molecule has 2 aromatic rings. The van der Waals surface area contributed by atoms with Gasteiger partial charge in [0.2, 0.25) is 0 Å². The molecule has 1 aliphatic carbocycles. The lowest BCUT2D eigenvalue weighted by Crippen LogP contribution is -2.42. The lowest BCUT2D eigenvalue weighted by atomic mass is 10.0. The Hall–Kier alpha value is -1.72. The summed E-state index contributed by atoms with van der Waals surface area (Å²) in [6.07, 6.45) is 5.14. The van der Waals surface area contributed by atoms with Crippen molar-refractivity contribution in [1.29, 1.82) is 0 Å². The van der Waals surface area contributed by atoms with Crippen molar-refractivity contribution < 1.29 is 14.3 Å². The Labute approximate surface area is 146 Å². The summed E-state index contributed by atoms with van der Waals surface area (Å²) in [5.41, 5.74) is 0.148. The molecule has 1 aromatic heterocycles. The van der Waals surface area contributed by atoms with E-state index in [1.54, 1.807) is 30.0 Å². The number of amides is 1. The number of rotatable bonds is 6. The first-order valence-electron chi connectivity index (χ1n) is 8.29. The highest BCUT2D eigenvalue weighted by Crippen LogP contribution is 2.31. The second-order valence-corrected chi connectivity index (χ2v) is 7.52. The van der Waals surface area contributed by atoms with Crippen molar-refractivity contribution >= 4 is 17.7 Å². The molecule has 1 fully saturated rings. The van der Waals surface area contributed by atoms with Crippen LogP contribution in [-0.2, 0) is 5.75 Å². The summed E-state index contributed by atoms with van der Waals surface area (Å²) in [6, 6.07) is 11.9. The van der Waals surface area contributed by atoms with Crippen LogP contribution in [0.5, 0.6) is 0 Å². The van der Waals surface area contributed by atoms with Gasteiger partial charge in [-0.25, -0.2) is 0 Å². The van der Waals surface area contributed by atoms with E-state index >= 15 is 0 Å². The van der Waals surface area contributed by atoms with E-state index in [1.165, 1.54) is 0 Å². The summed E-state index contributed by atoms with van der Waals surface area (Å²) in [5.74, 6) is 0.895. The number of benzene rings is 1. The van der Waals surface area contributed by atoms with Crippen molar-refractivity contribution in [3.63, 3.8) is 0 Å². The monoisotopic (exact) mass is 345 g/mol. The van der Waals surface area contributed by atoms with Crippen LogP contribution in [-0.4, -0.2) is 35.1 Å². The first-order chi connectivity index (χ1) is 11.6. The molecule has 1 N–H and O–H groups in total. The molecule has 1 amide bonds. The first-order valence-corrected chi connectivity index (χ1v) is 9.28. The van der Waals surface area contributed by atoms with Gasteiger partial charge in [-0.2, -0.15) is 0 Å². The minimum atomic E-state index is -0.740. The molecule has 1 aliphatic rings. The van der Waals surface area contributed by atoms with Gasteiger partial charge in [-0.15, -0.1) is 11.8 Å². The highest BCUT2D eigenvalue weighted by atomic mass is 32.2. The molecule has 0 radical (unpaired) electrons. The van der Waals surface area contributed by atoms with Crippen molar-refractivity contribution in [2.24, 2.45) is 0 Å². The van der Waals surface area contributed by atoms with Crippen LogP contribution in [0.2, 0.25) is 0 Å². The maximum atomic E-state index is 12.7. The molecule has 0 saturated heterocycles. The molecule has 0 atom stereocenters. The fourth-order valence-corrected chi connectivity index (χ4v) is 4.09. The zero-order valence-electron chi connectivity index (χ0n) is 13.9. The lowest BCUT2D eigenvalue weighted by molar-refractivity contribution is 0.0146. The molecule has 4 nitrogen and oxygen atoms in total. The third kappa shape index (κ3) is 4.02. The smallest absolute Gasteiger partial charge is 0.289 e. The third-order valence-corrected chi connectivity index (χ3v) is 5.55. The molecule has 0 bridgehead atoms. The second-order valence-electron chi connectivity index (χ2n) is 6.47. The number of furan rings is 1. The Bertz CT molecular complexity index is 677. The van der Waals surface area contributed by atoms with Gasteiger partial charge in [0.05, 0.1) is 11.9 Å². The number of thioether (sulfide) groups is 1. The van der Waals surface area contributed by atoms with Gasteiger partial charge in [0.1, 0.15) is 0 Å². The SMILES string of the molecule is CN(CC1(O)CCCC1)C(=O)c1occc1CSc1ccccc1. The highest BCUT2D eigenvalue weighted by molar-refractivity contribution is 7.98. The molecule has 1 aromatic carbocycles. The van der Waals surface area contributed by atoms with E-state index in [0.29, 0.717) is 18.1 Å². The fraction of sp³-hybridized carbons (Fsp3) is 0.421. The van der Waals surface area contributed by atoms with Crippen LogP contribution in [0.3, 0.4) is 0 Å². The van der Waals surface area contributed by atoms with E-state index in [4.69, 9.17) is 4.42 Å². The molecule has 5 heteroatoms. The quantitative estimate of drug-likeness (QED) is 0.806. The molecule has 0 spiro atoms. The molecule has 0 aliphatic heterocycles. The maximum absolute atomic E-state index is 12.7. The van der Waals surface area contributed by atoms with E-state index in [-0.39, 0.29) is 5.91 Å². The number of carbonyl (C=O) groups is 1.